The molecule has 0 aliphatic carbocycles. The molecule has 0 saturated carbocycles. The lowest BCUT2D eigenvalue weighted by Gasteiger charge is -2.24. The van der Waals surface area contributed by atoms with E-state index in [1.807, 2.05) is 24.3 Å². The van der Waals surface area contributed by atoms with E-state index >= 15 is 0 Å². The third-order valence-corrected chi connectivity index (χ3v) is 5.62. The molecule has 198 valence electrons. The summed E-state index contributed by atoms with van der Waals surface area (Å²) in [7, 11) is 0. The molecule has 0 spiro atoms. The lowest BCUT2D eigenvalue weighted by atomic mass is 9.84. The molecule has 0 bridgehead atoms. The van der Waals surface area contributed by atoms with Gasteiger partial charge in [0.25, 0.3) is 0 Å². The van der Waals surface area contributed by atoms with Gasteiger partial charge >= 0.3 is 17.9 Å². The van der Waals surface area contributed by atoms with Gasteiger partial charge in [-0.1, -0.05) is 37.8 Å². The third-order valence-electron chi connectivity index (χ3n) is 5.62. The Bertz CT molecular complexity index is 771. The van der Waals surface area contributed by atoms with Crippen LogP contribution < -0.4 is 10.5 Å². The summed E-state index contributed by atoms with van der Waals surface area (Å²) in [5, 5.41) is 18.6. The lowest BCUT2D eigenvalue weighted by molar-refractivity contribution is -0.160. The second-order valence-corrected chi connectivity index (χ2v) is 10.1. The summed E-state index contributed by atoms with van der Waals surface area (Å²) in [4.78, 5) is 34.9. The van der Waals surface area contributed by atoms with Crippen LogP contribution in [0.5, 0.6) is 5.75 Å². The number of carboxylic acid groups (broad SMARTS) is 2. The van der Waals surface area contributed by atoms with Gasteiger partial charge in [0, 0.05) is 6.42 Å². The number of nitrogens with two attached hydrogens (primary N) is 1. The number of ether oxygens (including phenoxy) is 2. The number of unbranched alkanes of at least 4 members (excludes halogenated alkanes) is 3. The number of carbonyl (C=O) groups is 3. The predicted octanol–water partition coefficient (Wildman–Crippen LogP) is 4.82. The van der Waals surface area contributed by atoms with E-state index in [4.69, 9.17) is 20.3 Å². The molecule has 0 heterocycles. The van der Waals surface area contributed by atoms with E-state index in [0.29, 0.717) is 32.4 Å². The van der Waals surface area contributed by atoms with E-state index in [2.05, 4.69) is 0 Å². The number of aliphatic carboxylic acids is 2. The second kappa shape index (κ2) is 16.1. The Morgan fingerprint density at radius 2 is 1.63 bits per heavy atom. The van der Waals surface area contributed by atoms with Crippen LogP contribution in [0.1, 0.15) is 84.1 Å². The van der Waals surface area contributed by atoms with Crippen LogP contribution in [0.2, 0.25) is 0 Å². The number of esters is 1. The highest BCUT2D eigenvalue weighted by molar-refractivity contribution is 5.79. The normalized spacial score (nSPS) is 13.1. The average molecular weight is 494 g/mol. The van der Waals surface area contributed by atoms with E-state index < -0.39 is 29.4 Å². The van der Waals surface area contributed by atoms with Crippen molar-refractivity contribution in [3.05, 3.63) is 29.8 Å². The highest BCUT2D eigenvalue weighted by Crippen LogP contribution is 2.27. The van der Waals surface area contributed by atoms with Gasteiger partial charge in [-0.05, 0) is 76.6 Å². The van der Waals surface area contributed by atoms with E-state index in [-0.39, 0.29) is 18.8 Å². The summed E-state index contributed by atoms with van der Waals surface area (Å²) >= 11 is 0. The monoisotopic (exact) mass is 493 g/mol. The first-order valence-electron chi connectivity index (χ1n) is 12.6. The molecule has 0 saturated heterocycles. The summed E-state index contributed by atoms with van der Waals surface area (Å²) in [5.41, 5.74) is 5.91. The largest absolute Gasteiger partial charge is 0.494 e. The van der Waals surface area contributed by atoms with E-state index in [0.717, 1.165) is 43.4 Å². The van der Waals surface area contributed by atoms with Gasteiger partial charge < -0.3 is 25.4 Å². The second-order valence-electron chi connectivity index (χ2n) is 10.1. The smallest absolute Gasteiger partial charge is 0.307 e. The third kappa shape index (κ3) is 15.1. The molecule has 1 aromatic carbocycles. The fraction of sp³-hybridized carbons (Fsp3) is 0.667. The molecule has 2 atom stereocenters. The number of carbonyl (C=O) groups excluding carboxylic acids is 1. The summed E-state index contributed by atoms with van der Waals surface area (Å²) in [6.07, 6.45) is 5.90. The number of carboxylic acids is 2. The van der Waals surface area contributed by atoms with Gasteiger partial charge in [0.15, 0.2) is 0 Å². The minimum Gasteiger partial charge on any atom is -0.494 e. The number of rotatable bonds is 18. The number of benzene rings is 1. The summed E-state index contributed by atoms with van der Waals surface area (Å²) in [5.74, 6) is -2.26. The first kappa shape index (κ1) is 30.4. The highest BCUT2D eigenvalue weighted by Gasteiger charge is 2.28. The molecule has 0 amide bonds. The molecule has 0 aliphatic rings. The Hall–Kier alpha value is -2.61. The highest BCUT2D eigenvalue weighted by atomic mass is 16.6. The molecule has 2 unspecified atom stereocenters. The van der Waals surface area contributed by atoms with E-state index in [1.54, 1.807) is 20.8 Å². The minimum atomic E-state index is -0.994. The summed E-state index contributed by atoms with van der Waals surface area (Å²) in [6, 6.07) is 7.79. The van der Waals surface area contributed by atoms with Crippen LogP contribution in [0.15, 0.2) is 24.3 Å². The first-order chi connectivity index (χ1) is 16.5. The van der Waals surface area contributed by atoms with Crippen LogP contribution in [0.25, 0.3) is 0 Å². The van der Waals surface area contributed by atoms with Crippen molar-refractivity contribution in [2.24, 2.45) is 17.6 Å². The maximum atomic E-state index is 12.3. The fourth-order valence-corrected chi connectivity index (χ4v) is 3.95. The zero-order valence-electron chi connectivity index (χ0n) is 21.5. The van der Waals surface area contributed by atoms with Crippen molar-refractivity contribution in [1.82, 2.24) is 0 Å². The zero-order chi connectivity index (χ0) is 26.3. The van der Waals surface area contributed by atoms with E-state index in [1.165, 1.54) is 0 Å². The molecule has 0 fully saturated rings. The molecule has 0 aliphatic heterocycles. The molecular formula is C27H43NO7. The van der Waals surface area contributed by atoms with Gasteiger partial charge in [-0.15, -0.1) is 0 Å². The maximum Gasteiger partial charge on any atom is 0.307 e. The van der Waals surface area contributed by atoms with Gasteiger partial charge in [0.05, 0.1) is 18.9 Å². The maximum absolute atomic E-state index is 12.3. The Morgan fingerprint density at radius 1 is 0.971 bits per heavy atom. The molecule has 35 heavy (non-hydrogen) atoms. The predicted molar refractivity (Wildman–Crippen MR) is 134 cm³/mol. The van der Waals surface area contributed by atoms with Crippen LogP contribution in [-0.4, -0.2) is 46.9 Å². The number of hydrogen-bond acceptors (Lipinski definition) is 6. The van der Waals surface area contributed by atoms with Gasteiger partial charge in [-0.25, -0.2) is 0 Å². The van der Waals surface area contributed by atoms with E-state index in [9.17, 15) is 19.5 Å². The quantitative estimate of drug-likeness (QED) is 0.196. The fourth-order valence-electron chi connectivity index (χ4n) is 3.95. The lowest BCUT2D eigenvalue weighted by Crippen LogP contribution is -2.28. The Kier molecular flexibility index (Phi) is 14.0. The van der Waals surface area contributed by atoms with Gasteiger partial charge in [-0.2, -0.15) is 0 Å². The summed E-state index contributed by atoms with van der Waals surface area (Å²) < 4.78 is 11.0. The molecule has 8 nitrogen and oxygen atoms in total. The molecule has 0 radical (unpaired) electrons. The molecule has 8 heteroatoms. The van der Waals surface area contributed by atoms with Gasteiger partial charge in [0.1, 0.15) is 11.4 Å². The van der Waals surface area contributed by atoms with Crippen molar-refractivity contribution in [2.75, 3.05) is 13.2 Å². The van der Waals surface area contributed by atoms with Gasteiger partial charge in [0.2, 0.25) is 0 Å². The van der Waals surface area contributed by atoms with Crippen LogP contribution >= 0.6 is 0 Å². The Morgan fingerprint density at radius 3 is 2.20 bits per heavy atom. The Balaban J connectivity index is 2.79. The van der Waals surface area contributed by atoms with Crippen LogP contribution in [0.4, 0.5) is 0 Å². The molecule has 1 aromatic rings. The van der Waals surface area contributed by atoms with Crippen molar-refractivity contribution in [3.63, 3.8) is 0 Å². The SMILES string of the molecule is CC(C)(C)OC(=O)CC(CC(CCCCCCC(=O)O)Cc1ccc(OCCCN)cc1)C(=O)O. The molecule has 0 aromatic heterocycles. The van der Waals surface area contributed by atoms with Crippen LogP contribution in [-0.2, 0) is 25.5 Å². The van der Waals surface area contributed by atoms with Crippen molar-refractivity contribution in [2.45, 2.75) is 90.6 Å². The van der Waals surface area contributed by atoms with Crippen molar-refractivity contribution in [1.29, 1.82) is 0 Å². The van der Waals surface area contributed by atoms with Crippen LogP contribution in [0, 0.1) is 11.8 Å². The zero-order valence-corrected chi connectivity index (χ0v) is 21.5. The first-order valence-corrected chi connectivity index (χ1v) is 12.6. The van der Waals surface area contributed by atoms with Crippen molar-refractivity contribution >= 4 is 17.9 Å². The van der Waals surface area contributed by atoms with Gasteiger partial charge in [-0.3, -0.25) is 14.4 Å². The molecular weight excluding hydrogens is 450 g/mol. The van der Waals surface area contributed by atoms with Crippen LogP contribution in [0.3, 0.4) is 0 Å². The minimum absolute atomic E-state index is 0.0713. The Labute approximate surface area is 209 Å². The standard InChI is InChI=1S/C27H43NO7/c1-27(2,3)35-25(31)19-22(26(32)33)18-21(9-6-4-5-7-10-24(29)30)17-20-11-13-23(14-12-20)34-16-8-15-28/h11-14,21-22H,4-10,15-19,28H2,1-3H3,(H,29,30)(H,32,33). The van der Waals surface area contributed by atoms with Crippen molar-refractivity contribution < 1.29 is 34.1 Å². The summed E-state index contributed by atoms with van der Waals surface area (Å²) in [6.45, 7) is 6.42. The topological polar surface area (TPSA) is 136 Å². The molecule has 1 rings (SSSR count). The average Bonchev–Trinajstić information content (AvgIpc) is 2.75. The molecule has 4 N–H and O–H groups in total. The van der Waals surface area contributed by atoms with Crippen molar-refractivity contribution in [3.8, 4) is 5.75 Å². The number of hydrogen-bond donors (Lipinski definition) is 3.